The van der Waals surface area contributed by atoms with Crippen molar-refractivity contribution in [2.75, 3.05) is 19.8 Å². The predicted octanol–water partition coefficient (Wildman–Crippen LogP) is 3.69. The molecule has 0 fully saturated rings. The van der Waals surface area contributed by atoms with Gasteiger partial charge in [-0.25, -0.2) is 4.79 Å². The maximum absolute atomic E-state index is 11.9. The van der Waals surface area contributed by atoms with Crippen molar-refractivity contribution in [3.05, 3.63) is 28.8 Å². The van der Waals surface area contributed by atoms with E-state index < -0.39 is 25.3 Å². The lowest BCUT2D eigenvalue weighted by atomic mass is 9.97. The Labute approximate surface area is 147 Å². The Morgan fingerprint density at radius 2 is 2.08 bits per heavy atom. The second kappa shape index (κ2) is 9.33. The van der Waals surface area contributed by atoms with Crippen LogP contribution in [0.25, 0.3) is 0 Å². The number of esters is 1. The van der Waals surface area contributed by atoms with E-state index in [1.165, 1.54) is 6.92 Å². The van der Waals surface area contributed by atoms with Gasteiger partial charge in [0.15, 0.2) is 6.61 Å². The van der Waals surface area contributed by atoms with Crippen LogP contribution in [0.4, 0.5) is 0 Å². The average Bonchev–Trinajstić information content (AvgIpc) is 2.51. The monoisotopic (exact) mass is 377 g/mol. The molecule has 0 saturated heterocycles. The van der Waals surface area contributed by atoms with Crippen LogP contribution in [-0.4, -0.2) is 36.7 Å². The van der Waals surface area contributed by atoms with Crippen molar-refractivity contribution in [1.82, 2.24) is 0 Å². The summed E-state index contributed by atoms with van der Waals surface area (Å²) < 4.78 is 27.5. The molecule has 1 N–H and O–H groups in total. The number of ether oxygens (including phenoxy) is 2. The van der Waals surface area contributed by atoms with Gasteiger partial charge < -0.3 is 14.6 Å². The van der Waals surface area contributed by atoms with E-state index >= 15 is 0 Å². The van der Waals surface area contributed by atoms with E-state index in [1.54, 1.807) is 32.0 Å². The minimum Gasteiger partial charge on any atom is -0.482 e. The van der Waals surface area contributed by atoms with Crippen molar-refractivity contribution in [2.45, 2.75) is 33.5 Å². The largest absolute Gasteiger partial charge is 0.553 e. The van der Waals surface area contributed by atoms with E-state index in [1.807, 2.05) is 6.92 Å². The molecule has 8 heteroatoms. The topological polar surface area (TPSA) is 82.1 Å². The summed E-state index contributed by atoms with van der Waals surface area (Å²) in [6.45, 7) is 6.53. The zero-order chi connectivity index (χ0) is 18.3. The fourth-order valence-corrected chi connectivity index (χ4v) is 2.68. The standard InChI is InChI=1S/C16H23ClO6P/c1-11-7-13(17)5-6-14(11)21-8-15(19)23-12(2)24(20)22-10-16(3,4)9-18/h5-7,12,18H,8-10H2,1-4H3/q+1. The zero-order valence-electron chi connectivity index (χ0n) is 14.2. The van der Waals surface area contributed by atoms with Crippen LogP contribution >= 0.6 is 19.6 Å². The highest BCUT2D eigenvalue weighted by Gasteiger charge is 2.34. The molecular weight excluding hydrogens is 355 g/mol. The lowest BCUT2D eigenvalue weighted by Crippen LogP contribution is -2.24. The fourth-order valence-electron chi connectivity index (χ4n) is 1.57. The van der Waals surface area contributed by atoms with Crippen LogP contribution < -0.4 is 4.74 Å². The van der Waals surface area contributed by atoms with E-state index in [-0.39, 0.29) is 19.8 Å². The average molecular weight is 378 g/mol. The second-order valence-corrected chi connectivity index (χ2v) is 8.16. The maximum Gasteiger partial charge on any atom is 0.553 e. The number of hydrogen-bond donors (Lipinski definition) is 1. The molecule has 0 saturated carbocycles. The van der Waals surface area contributed by atoms with Gasteiger partial charge in [0.05, 0.1) is 6.61 Å². The van der Waals surface area contributed by atoms with Crippen LogP contribution in [0.15, 0.2) is 18.2 Å². The molecule has 0 aliphatic heterocycles. The first kappa shape index (κ1) is 20.8. The molecule has 0 heterocycles. The van der Waals surface area contributed by atoms with Gasteiger partial charge in [-0.15, -0.1) is 4.52 Å². The minimum absolute atomic E-state index is 0.0983. The number of aryl methyl sites for hydroxylation is 1. The minimum atomic E-state index is -2.20. The Balaban J connectivity index is 2.42. The third-order valence-electron chi connectivity index (χ3n) is 3.09. The summed E-state index contributed by atoms with van der Waals surface area (Å²) in [7, 11) is -2.20. The van der Waals surface area contributed by atoms with Crippen LogP contribution in [0.5, 0.6) is 5.75 Å². The number of aliphatic hydroxyl groups is 1. The molecule has 0 amide bonds. The molecule has 1 aromatic rings. The number of benzene rings is 1. The molecule has 0 radical (unpaired) electrons. The molecule has 0 aliphatic rings. The number of carbonyl (C=O) groups excluding carboxylic acids is 1. The molecule has 1 rings (SSSR count). The first-order valence-corrected chi connectivity index (χ1v) is 9.05. The summed E-state index contributed by atoms with van der Waals surface area (Å²) in [5.41, 5.74) is 0.285. The molecule has 1 aromatic carbocycles. The van der Waals surface area contributed by atoms with E-state index in [4.69, 9.17) is 30.7 Å². The third-order valence-corrected chi connectivity index (χ3v) is 4.41. The van der Waals surface area contributed by atoms with Crippen molar-refractivity contribution < 1.29 is 28.5 Å². The molecule has 0 aromatic heterocycles. The first-order valence-electron chi connectivity index (χ1n) is 7.43. The first-order chi connectivity index (χ1) is 11.1. The van der Waals surface area contributed by atoms with Crippen LogP contribution in [-0.2, 0) is 18.6 Å². The number of rotatable bonds is 9. The van der Waals surface area contributed by atoms with Gasteiger partial charge in [-0.2, -0.15) is 0 Å². The van der Waals surface area contributed by atoms with Crippen LogP contribution in [0, 0.1) is 12.3 Å². The van der Waals surface area contributed by atoms with Gasteiger partial charge in [-0.05, 0) is 35.3 Å². The van der Waals surface area contributed by atoms with Gasteiger partial charge in [-0.1, -0.05) is 25.4 Å². The molecule has 0 spiro atoms. The van der Waals surface area contributed by atoms with Crippen molar-refractivity contribution in [3.63, 3.8) is 0 Å². The zero-order valence-corrected chi connectivity index (χ0v) is 15.9. The summed E-state index contributed by atoms with van der Waals surface area (Å²) >= 11 is 5.85. The van der Waals surface area contributed by atoms with E-state index in [2.05, 4.69) is 0 Å². The summed E-state index contributed by atoms with van der Waals surface area (Å²) in [4.78, 5) is 11.8. The van der Waals surface area contributed by atoms with Crippen LogP contribution in [0.1, 0.15) is 26.3 Å². The number of aliphatic hydroxyl groups excluding tert-OH is 1. The molecule has 2 unspecified atom stereocenters. The summed E-state index contributed by atoms with van der Waals surface area (Å²) in [6.07, 6.45) is 0. The molecule has 134 valence electrons. The van der Waals surface area contributed by atoms with Gasteiger partial charge in [0.1, 0.15) is 12.4 Å². The normalized spacial score (nSPS) is 13.3. The van der Waals surface area contributed by atoms with Crippen molar-refractivity contribution in [1.29, 1.82) is 0 Å². The molecule has 0 bridgehead atoms. The van der Waals surface area contributed by atoms with Crippen LogP contribution in [0.2, 0.25) is 5.02 Å². The highest BCUT2D eigenvalue weighted by molar-refractivity contribution is 7.39. The van der Waals surface area contributed by atoms with Crippen LogP contribution in [0.3, 0.4) is 0 Å². The molecule has 24 heavy (non-hydrogen) atoms. The van der Waals surface area contributed by atoms with E-state index in [9.17, 15) is 9.36 Å². The fraction of sp³-hybridized carbons (Fsp3) is 0.562. The Morgan fingerprint density at radius 3 is 2.67 bits per heavy atom. The number of carbonyl (C=O) groups is 1. The second-order valence-electron chi connectivity index (χ2n) is 6.17. The van der Waals surface area contributed by atoms with E-state index in [0.29, 0.717) is 10.8 Å². The van der Waals surface area contributed by atoms with Gasteiger partial charge in [0.25, 0.3) is 0 Å². The van der Waals surface area contributed by atoms with Crippen molar-refractivity contribution in [3.8, 4) is 5.75 Å². The van der Waals surface area contributed by atoms with Gasteiger partial charge in [0.2, 0.25) is 0 Å². The lowest BCUT2D eigenvalue weighted by Gasteiger charge is -2.17. The Morgan fingerprint density at radius 1 is 1.42 bits per heavy atom. The van der Waals surface area contributed by atoms with Crippen molar-refractivity contribution in [2.24, 2.45) is 5.41 Å². The van der Waals surface area contributed by atoms with Gasteiger partial charge in [-0.3, -0.25) is 0 Å². The third kappa shape index (κ3) is 7.14. The maximum atomic E-state index is 11.9. The lowest BCUT2D eigenvalue weighted by molar-refractivity contribution is -0.147. The number of halogens is 1. The highest BCUT2D eigenvalue weighted by Crippen LogP contribution is 2.33. The predicted molar refractivity (Wildman–Crippen MR) is 91.7 cm³/mol. The molecule has 0 aliphatic carbocycles. The van der Waals surface area contributed by atoms with E-state index in [0.717, 1.165) is 5.56 Å². The molecular formula is C16H23ClO6P+. The molecule has 6 nitrogen and oxygen atoms in total. The Hall–Kier alpha value is -1.20. The quantitative estimate of drug-likeness (QED) is 0.522. The Bertz CT molecular complexity index is 590. The smallest absolute Gasteiger partial charge is 0.482 e. The SMILES string of the molecule is Cc1cc(Cl)ccc1OCC(=O)OC(C)[P+](=O)OCC(C)(C)CO. The van der Waals surface area contributed by atoms with Gasteiger partial charge in [0, 0.05) is 17.4 Å². The van der Waals surface area contributed by atoms with Crippen molar-refractivity contribution >= 4 is 25.6 Å². The van der Waals surface area contributed by atoms with Gasteiger partial charge >= 0.3 is 19.8 Å². The molecule has 2 atom stereocenters. The summed E-state index contributed by atoms with van der Waals surface area (Å²) in [6, 6.07) is 5.04. The highest BCUT2D eigenvalue weighted by atomic mass is 35.5. The summed E-state index contributed by atoms with van der Waals surface area (Å²) in [5.74, 6) is -1.03. The Kier molecular flexibility index (Phi) is 8.10. The number of hydrogen-bond acceptors (Lipinski definition) is 6. The summed E-state index contributed by atoms with van der Waals surface area (Å²) in [5, 5.41) is 9.70.